The summed E-state index contributed by atoms with van der Waals surface area (Å²) in [5.74, 6) is -1.74. The molecule has 2 heterocycles. The molecule has 136 valence electrons. The van der Waals surface area contributed by atoms with Gasteiger partial charge in [-0.25, -0.2) is 21.9 Å². The molecule has 4 nitrogen and oxygen atoms in total. The number of hydrogen-bond acceptors (Lipinski definition) is 4. The molecule has 1 unspecified atom stereocenters. The number of hydrogen-bond donors (Lipinski definition) is 1. The van der Waals surface area contributed by atoms with Crippen molar-refractivity contribution in [1.82, 2.24) is 9.62 Å². The van der Waals surface area contributed by atoms with Crippen molar-refractivity contribution < 1.29 is 17.2 Å². The molecule has 0 aliphatic carbocycles. The summed E-state index contributed by atoms with van der Waals surface area (Å²) < 4.78 is 54.5. The monoisotopic (exact) mass is 386 g/mol. The first-order valence-corrected chi connectivity index (χ1v) is 10.6. The topological polar surface area (TPSA) is 49.4 Å². The lowest BCUT2D eigenvalue weighted by Gasteiger charge is -2.34. The molecule has 1 aromatic carbocycles. The summed E-state index contributed by atoms with van der Waals surface area (Å²) in [5, 5.41) is 3.95. The Kier molecular flexibility index (Phi) is 5.83. The van der Waals surface area contributed by atoms with Crippen molar-refractivity contribution in [3.8, 4) is 0 Å². The Balaban J connectivity index is 1.79. The van der Waals surface area contributed by atoms with Crippen LogP contribution in [-0.2, 0) is 10.0 Å². The third-order valence-electron chi connectivity index (χ3n) is 4.41. The summed E-state index contributed by atoms with van der Waals surface area (Å²) in [7, 11) is -4.13. The normalized spacial score (nSPS) is 17.5. The Bertz CT molecular complexity index is 804. The highest BCUT2D eigenvalue weighted by Crippen LogP contribution is 2.26. The average molecular weight is 386 g/mol. The van der Waals surface area contributed by atoms with E-state index >= 15 is 0 Å². The lowest BCUT2D eigenvalue weighted by atomic mass is 10.0. The Morgan fingerprint density at radius 3 is 2.60 bits per heavy atom. The van der Waals surface area contributed by atoms with Gasteiger partial charge >= 0.3 is 0 Å². The highest BCUT2D eigenvalue weighted by Gasteiger charge is 2.26. The second-order valence-electron chi connectivity index (χ2n) is 6.10. The fraction of sp³-hybridized carbons (Fsp3) is 0.412. The van der Waals surface area contributed by atoms with Gasteiger partial charge < -0.3 is 0 Å². The van der Waals surface area contributed by atoms with Crippen LogP contribution in [0.2, 0.25) is 0 Å². The molecule has 0 spiro atoms. The first kappa shape index (κ1) is 18.4. The summed E-state index contributed by atoms with van der Waals surface area (Å²) in [6.45, 7) is 1.92. The van der Waals surface area contributed by atoms with E-state index in [1.165, 1.54) is 6.42 Å². The van der Waals surface area contributed by atoms with E-state index in [4.69, 9.17) is 0 Å². The molecule has 0 radical (unpaired) electrons. The Morgan fingerprint density at radius 1 is 1.16 bits per heavy atom. The van der Waals surface area contributed by atoms with Crippen molar-refractivity contribution >= 4 is 21.4 Å². The molecule has 1 aliphatic rings. The molecule has 1 aliphatic heterocycles. The van der Waals surface area contributed by atoms with Gasteiger partial charge in [-0.2, -0.15) is 11.3 Å². The van der Waals surface area contributed by atoms with E-state index in [0.29, 0.717) is 6.07 Å². The van der Waals surface area contributed by atoms with Gasteiger partial charge in [-0.1, -0.05) is 6.42 Å². The van der Waals surface area contributed by atoms with Gasteiger partial charge in [-0.05, 0) is 66.5 Å². The number of likely N-dealkylation sites (tertiary alicyclic amines) is 1. The van der Waals surface area contributed by atoms with E-state index in [1.807, 2.05) is 16.8 Å². The van der Waals surface area contributed by atoms with E-state index in [1.54, 1.807) is 11.3 Å². The van der Waals surface area contributed by atoms with Gasteiger partial charge in [0.05, 0.1) is 0 Å². The Morgan fingerprint density at radius 2 is 1.92 bits per heavy atom. The molecule has 2 aromatic rings. The zero-order valence-corrected chi connectivity index (χ0v) is 15.3. The van der Waals surface area contributed by atoms with Crippen LogP contribution in [0.1, 0.15) is 30.9 Å². The molecule has 0 bridgehead atoms. The SMILES string of the molecule is O=S(=O)(NCC(c1ccsc1)N1CCCCC1)c1cc(F)ccc1F. The van der Waals surface area contributed by atoms with Crippen LogP contribution >= 0.6 is 11.3 Å². The molecular formula is C17H20F2N2O2S2. The fourth-order valence-electron chi connectivity index (χ4n) is 3.10. The summed E-state index contributed by atoms with van der Waals surface area (Å²) >= 11 is 1.55. The summed E-state index contributed by atoms with van der Waals surface area (Å²) in [5.41, 5.74) is 1.04. The van der Waals surface area contributed by atoms with E-state index < -0.39 is 26.6 Å². The minimum atomic E-state index is -4.13. The molecule has 1 N–H and O–H groups in total. The quantitative estimate of drug-likeness (QED) is 0.826. The fourth-order valence-corrected chi connectivity index (χ4v) is 4.93. The highest BCUT2D eigenvalue weighted by atomic mass is 32.2. The predicted octanol–water partition coefficient (Wildman–Crippen LogP) is 3.53. The summed E-state index contributed by atoms with van der Waals surface area (Å²) in [6, 6.07) is 4.29. The molecule has 1 fully saturated rings. The molecule has 25 heavy (non-hydrogen) atoms. The molecule has 1 aromatic heterocycles. The van der Waals surface area contributed by atoms with Crippen LogP contribution in [0.15, 0.2) is 39.9 Å². The highest BCUT2D eigenvalue weighted by molar-refractivity contribution is 7.89. The average Bonchev–Trinajstić information content (AvgIpc) is 3.12. The van der Waals surface area contributed by atoms with Crippen molar-refractivity contribution in [2.45, 2.75) is 30.2 Å². The molecule has 3 rings (SSSR count). The van der Waals surface area contributed by atoms with Crippen molar-refractivity contribution in [3.05, 3.63) is 52.2 Å². The number of sulfonamides is 1. The second kappa shape index (κ2) is 7.90. The predicted molar refractivity (Wildman–Crippen MR) is 94.0 cm³/mol. The van der Waals surface area contributed by atoms with Crippen molar-refractivity contribution in [2.24, 2.45) is 0 Å². The lowest BCUT2D eigenvalue weighted by molar-refractivity contribution is 0.165. The van der Waals surface area contributed by atoms with E-state index in [2.05, 4.69) is 9.62 Å². The smallest absolute Gasteiger partial charge is 0.243 e. The molecule has 0 saturated carbocycles. The minimum Gasteiger partial charge on any atom is -0.295 e. The number of nitrogens with zero attached hydrogens (tertiary/aromatic N) is 1. The van der Waals surface area contributed by atoms with E-state index in [9.17, 15) is 17.2 Å². The summed E-state index contributed by atoms with van der Waals surface area (Å²) in [6.07, 6.45) is 3.32. The van der Waals surface area contributed by atoms with Crippen LogP contribution in [-0.4, -0.2) is 33.0 Å². The molecule has 1 saturated heterocycles. The minimum absolute atomic E-state index is 0.113. The van der Waals surface area contributed by atoms with Crippen molar-refractivity contribution in [2.75, 3.05) is 19.6 Å². The van der Waals surface area contributed by atoms with Gasteiger partial charge in [-0.15, -0.1) is 0 Å². The van der Waals surface area contributed by atoms with Gasteiger partial charge in [0.1, 0.15) is 16.5 Å². The van der Waals surface area contributed by atoms with Crippen LogP contribution in [0.5, 0.6) is 0 Å². The van der Waals surface area contributed by atoms with Crippen LogP contribution in [0.25, 0.3) is 0 Å². The maximum absolute atomic E-state index is 13.8. The Hall–Kier alpha value is -1.35. The van der Waals surface area contributed by atoms with Crippen LogP contribution in [0, 0.1) is 11.6 Å². The Labute approximate surface area is 150 Å². The zero-order valence-electron chi connectivity index (χ0n) is 13.6. The van der Waals surface area contributed by atoms with Crippen LogP contribution < -0.4 is 4.72 Å². The third-order valence-corrected chi connectivity index (χ3v) is 6.55. The maximum atomic E-state index is 13.8. The van der Waals surface area contributed by atoms with Crippen molar-refractivity contribution in [3.63, 3.8) is 0 Å². The molecular weight excluding hydrogens is 366 g/mol. The number of rotatable bonds is 6. The van der Waals surface area contributed by atoms with Gasteiger partial charge in [0.2, 0.25) is 10.0 Å². The number of halogens is 2. The number of nitrogens with one attached hydrogen (secondary N) is 1. The zero-order chi connectivity index (χ0) is 17.9. The molecule has 1 atom stereocenters. The van der Waals surface area contributed by atoms with Crippen LogP contribution in [0.4, 0.5) is 8.78 Å². The standard InChI is InChI=1S/C17H20F2N2O2S2/c18-14-4-5-15(19)17(10-14)25(22,23)20-11-16(13-6-9-24-12-13)21-7-2-1-3-8-21/h4-6,9-10,12,16,20H,1-3,7-8,11H2. The first-order valence-electron chi connectivity index (χ1n) is 8.18. The van der Waals surface area contributed by atoms with E-state index in [0.717, 1.165) is 43.6 Å². The largest absolute Gasteiger partial charge is 0.295 e. The van der Waals surface area contributed by atoms with Crippen molar-refractivity contribution in [1.29, 1.82) is 0 Å². The van der Waals surface area contributed by atoms with Gasteiger partial charge in [-0.3, -0.25) is 4.90 Å². The molecule has 8 heteroatoms. The summed E-state index contributed by atoms with van der Waals surface area (Å²) in [4.78, 5) is 1.59. The number of thiophene rings is 1. The third kappa shape index (κ3) is 4.44. The number of benzene rings is 1. The van der Waals surface area contributed by atoms with Crippen LogP contribution in [0.3, 0.4) is 0 Å². The second-order valence-corrected chi connectivity index (χ2v) is 8.61. The van der Waals surface area contributed by atoms with Gasteiger partial charge in [0, 0.05) is 12.6 Å². The van der Waals surface area contributed by atoms with Gasteiger partial charge in [0.25, 0.3) is 0 Å². The first-order chi connectivity index (χ1) is 12.0. The maximum Gasteiger partial charge on any atom is 0.243 e. The molecule has 0 amide bonds. The number of piperidine rings is 1. The lowest BCUT2D eigenvalue weighted by Crippen LogP contribution is -2.40. The van der Waals surface area contributed by atoms with Gasteiger partial charge in [0.15, 0.2) is 0 Å². The van der Waals surface area contributed by atoms with E-state index in [-0.39, 0.29) is 12.6 Å².